The van der Waals surface area contributed by atoms with Gasteiger partial charge >= 0.3 is 0 Å². The molecule has 0 spiro atoms. The van der Waals surface area contributed by atoms with Crippen LogP contribution in [0.5, 0.6) is 0 Å². The van der Waals surface area contributed by atoms with E-state index in [4.69, 9.17) is 10.5 Å². The molecular formula is C15H19N3O2. The predicted molar refractivity (Wildman–Crippen MR) is 79.6 cm³/mol. The Kier molecular flexibility index (Phi) is 3.46. The van der Waals surface area contributed by atoms with Gasteiger partial charge in [0.05, 0.1) is 12.1 Å². The summed E-state index contributed by atoms with van der Waals surface area (Å²) in [6, 6.07) is 5.74. The van der Waals surface area contributed by atoms with Crippen molar-refractivity contribution in [2.24, 2.45) is 0 Å². The molecule has 1 aromatic carbocycles. The maximum atomic E-state index is 9.77. The SMILES string of the molecule is Nc1ccc(NC2(CO)CCOCC2)c2cnccc12. The molecule has 3 rings (SSSR count). The van der Waals surface area contributed by atoms with Crippen molar-refractivity contribution in [1.29, 1.82) is 0 Å². The largest absolute Gasteiger partial charge is 0.398 e. The Labute approximate surface area is 117 Å². The number of nitrogens with one attached hydrogen (secondary N) is 1. The summed E-state index contributed by atoms with van der Waals surface area (Å²) in [5.41, 5.74) is 7.37. The van der Waals surface area contributed by atoms with Crippen molar-refractivity contribution in [3.63, 3.8) is 0 Å². The summed E-state index contributed by atoms with van der Waals surface area (Å²) in [7, 11) is 0. The second-order valence-corrected chi connectivity index (χ2v) is 5.30. The monoisotopic (exact) mass is 273 g/mol. The van der Waals surface area contributed by atoms with Crippen LogP contribution in [0.2, 0.25) is 0 Å². The van der Waals surface area contributed by atoms with Gasteiger partial charge in [0.1, 0.15) is 0 Å². The second kappa shape index (κ2) is 5.26. The standard InChI is InChI=1S/C15H19N3O2/c16-13-1-2-14(12-9-17-6-3-11(12)13)18-15(10-19)4-7-20-8-5-15/h1-3,6,9,18-19H,4-5,7-8,10,16H2. The number of anilines is 2. The smallest absolute Gasteiger partial charge is 0.0663 e. The number of aliphatic hydroxyl groups excluding tert-OH is 1. The van der Waals surface area contributed by atoms with E-state index in [2.05, 4.69) is 10.3 Å². The number of pyridine rings is 1. The Morgan fingerprint density at radius 3 is 2.80 bits per heavy atom. The zero-order valence-corrected chi connectivity index (χ0v) is 11.3. The number of aliphatic hydroxyl groups is 1. The van der Waals surface area contributed by atoms with Crippen molar-refractivity contribution in [2.75, 3.05) is 30.9 Å². The Morgan fingerprint density at radius 2 is 2.05 bits per heavy atom. The first-order valence-corrected chi connectivity index (χ1v) is 6.83. The minimum absolute atomic E-state index is 0.0858. The zero-order chi connectivity index (χ0) is 14.0. The highest BCUT2D eigenvalue weighted by molar-refractivity contribution is 6.00. The fraction of sp³-hybridized carbons (Fsp3) is 0.400. The third-order valence-corrected chi connectivity index (χ3v) is 4.00. The van der Waals surface area contributed by atoms with Crippen LogP contribution in [0.3, 0.4) is 0 Å². The summed E-state index contributed by atoms with van der Waals surface area (Å²) in [6.07, 6.45) is 5.11. The summed E-state index contributed by atoms with van der Waals surface area (Å²) in [4.78, 5) is 4.17. The van der Waals surface area contributed by atoms with Crippen molar-refractivity contribution in [1.82, 2.24) is 4.98 Å². The van der Waals surface area contributed by atoms with Crippen LogP contribution in [-0.2, 0) is 4.74 Å². The van der Waals surface area contributed by atoms with Crippen molar-refractivity contribution >= 4 is 22.1 Å². The molecule has 0 amide bonds. The highest BCUT2D eigenvalue weighted by Gasteiger charge is 2.32. The molecule has 1 saturated heterocycles. The molecule has 5 heteroatoms. The van der Waals surface area contributed by atoms with Gasteiger partial charge in [0.15, 0.2) is 0 Å². The van der Waals surface area contributed by atoms with Gasteiger partial charge in [-0.3, -0.25) is 4.98 Å². The fourth-order valence-corrected chi connectivity index (χ4v) is 2.69. The van der Waals surface area contributed by atoms with Gasteiger partial charge in [-0.25, -0.2) is 0 Å². The number of hydrogen-bond donors (Lipinski definition) is 3. The molecule has 1 aromatic heterocycles. The summed E-state index contributed by atoms with van der Waals surface area (Å²) < 4.78 is 5.39. The first kappa shape index (κ1) is 13.1. The summed E-state index contributed by atoms with van der Waals surface area (Å²) in [6.45, 7) is 1.42. The van der Waals surface area contributed by atoms with Crippen molar-refractivity contribution in [3.05, 3.63) is 30.6 Å². The van der Waals surface area contributed by atoms with E-state index in [0.717, 1.165) is 35.0 Å². The molecule has 0 atom stereocenters. The summed E-state index contributed by atoms with van der Waals surface area (Å²) >= 11 is 0. The molecule has 0 radical (unpaired) electrons. The van der Waals surface area contributed by atoms with Crippen LogP contribution in [0.25, 0.3) is 10.8 Å². The van der Waals surface area contributed by atoms with E-state index in [1.165, 1.54) is 0 Å². The number of fused-ring (bicyclic) bond motifs is 1. The van der Waals surface area contributed by atoms with Gasteiger partial charge in [-0.15, -0.1) is 0 Å². The number of rotatable bonds is 3. The first-order valence-electron chi connectivity index (χ1n) is 6.83. The minimum atomic E-state index is -0.322. The Hall–Kier alpha value is -1.85. The average molecular weight is 273 g/mol. The molecular weight excluding hydrogens is 254 g/mol. The lowest BCUT2D eigenvalue weighted by atomic mass is 9.90. The molecule has 0 bridgehead atoms. The van der Waals surface area contributed by atoms with Crippen LogP contribution < -0.4 is 11.1 Å². The van der Waals surface area contributed by atoms with Gasteiger partial charge < -0.3 is 20.9 Å². The number of ether oxygens (including phenoxy) is 1. The third-order valence-electron chi connectivity index (χ3n) is 4.00. The molecule has 0 unspecified atom stereocenters. The van der Waals surface area contributed by atoms with E-state index >= 15 is 0 Å². The molecule has 0 saturated carbocycles. The van der Waals surface area contributed by atoms with Crippen LogP contribution in [0, 0.1) is 0 Å². The van der Waals surface area contributed by atoms with Crippen LogP contribution in [0.4, 0.5) is 11.4 Å². The van der Waals surface area contributed by atoms with Gasteiger partial charge in [-0.1, -0.05) is 0 Å². The molecule has 2 heterocycles. The van der Waals surface area contributed by atoms with Crippen molar-refractivity contribution in [2.45, 2.75) is 18.4 Å². The van der Waals surface area contributed by atoms with Crippen molar-refractivity contribution < 1.29 is 9.84 Å². The molecule has 4 N–H and O–H groups in total. The van der Waals surface area contributed by atoms with Crippen molar-refractivity contribution in [3.8, 4) is 0 Å². The number of aromatic nitrogens is 1. The lowest BCUT2D eigenvalue weighted by Gasteiger charge is -2.37. The lowest BCUT2D eigenvalue weighted by molar-refractivity contribution is 0.0380. The van der Waals surface area contributed by atoms with Crippen LogP contribution >= 0.6 is 0 Å². The number of hydrogen-bond acceptors (Lipinski definition) is 5. The third kappa shape index (κ3) is 2.30. The molecule has 20 heavy (non-hydrogen) atoms. The van der Waals surface area contributed by atoms with E-state index in [0.29, 0.717) is 13.2 Å². The van der Waals surface area contributed by atoms with Gasteiger partial charge in [0, 0.05) is 47.8 Å². The highest BCUT2D eigenvalue weighted by atomic mass is 16.5. The van der Waals surface area contributed by atoms with Gasteiger partial charge in [-0.05, 0) is 31.0 Å². The predicted octanol–water partition coefficient (Wildman–Crippen LogP) is 1.77. The maximum Gasteiger partial charge on any atom is 0.0663 e. The topological polar surface area (TPSA) is 80.4 Å². The molecule has 106 valence electrons. The highest BCUT2D eigenvalue weighted by Crippen LogP contribution is 2.32. The molecule has 5 nitrogen and oxygen atoms in total. The minimum Gasteiger partial charge on any atom is -0.398 e. The van der Waals surface area contributed by atoms with Gasteiger partial charge in [0.25, 0.3) is 0 Å². The Bertz CT molecular complexity index is 609. The normalized spacial score (nSPS) is 18.1. The number of nitrogens with two attached hydrogens (primary N) is 1. The van der Waals surface area contributed by atoms with Gasteiger partial charge in [0.2, 0.25) is 0 Å². The lowest BCUT2D eigenvalue weighted by Crippen LogP contribution is -2.46. The second-order valence-electron chi connectivity index (χ2n) is 5.30. The summed E-state index contributed by atoms with van der Waals surface area (Å²) in [5, 5.41) is 15.2. The quantitative estimate of drug-likeness (QED) is 0.743. The van der Waals surface area contributed by atoms with E-state index in [-0.39, 0.29) is 12.1 Å². The maximum absolute atomic E-state index is 9.77. The fourth-order valence-electron chi connectivity index (χ4n) is 2.69. The Balaban J connectivity index is 2.00. The average Bonchev–Trinajstić information content (AvgIpc) is 2.51. The van der Waals surface area contributed by atoms with E-state index < -0.39 is 0 Å². The number of benzene rings is 1. The number of nitrogen functional groups attached to an aromatic ring is 1. The molecule has 2 aromatic rings. The molecule has 1 aliphatic heterocycles. The molecule has 1 aliphatic rings. The van der Waals surface area contributed by atoms with E-state index in [1.807, 2.05) is 18.2 Å². The molecule has 0 aliphatic carbocycles. The summed E-state index contributed by atoms with van der Waals surface area (Å²) in [5.74, 6) is 0. The number of nitrogens with zero attached hydrogens (tertiary/aromatic N) is 1. The van der Waals surface area contributed by atoms with Crippen LogP contribution in [0.1, 0.15) is 12.8 Å². The van der Waals surface area contributed by atoms with Crippen LogP contribution in [-0.4, -0.2) is 35.5 Å². The molecule has 1 fully saturated rings. The zero-order valence-electron chi connectivity index (χ0n) is 11.3. The van der Waals surface area contributed by atoms with Crippen LogP contribution in [0.15, 0.2) is 30.6 Å². The first-order chi connectivity index (χ1) is 9.74. The van der Waals surface area contributed by atoms with E-state index in [1.54, 1.807) is 12.4 Å². The van der Waals surface area contributed by atoms with E-state index in [9.17, 15) is 5.11 Å². The Morgan fingerprint density at radius 1 is 1.25 bits per heavy atom. The van der Waals surface area contributed by atoms with Gasteiger partial charge in [-0.2, -0.15) is 0 Å².